The molecule has 160 valence electrons. The Hall–Kier alpha value is -1.64. The van der Waals surface area contributed by atoms with Gasteiger partial charge in [-0.3, -0.25) is 9.69 Å². The van der Waals surface area contributed by atoms with Crippen LogP contribution in [0.25, 0.3) is 0 Å². The molecule has 3 heterocycles. The minimum Gasteiger partial charge on any atom is -0.381 e. The monoisotopic (exact) mass is 412 g/mol. The maximum atomic E-state index is 12.7. The summed E-state index contributed by atoms with van der Waals surface area (Å²) >= 11 is 0. The molecule has 0 radical (unpaired) electrons. The molecule has 3 aliphatic rings. The molecular weight excluding hydrogens is 385 g/mol. The summed E-state index contributed by atoms with van der Waals surface area (Å²) in [6.07, 6.45) is -1.32. The van der Waals surface area contributed by atoms with E-state index in [4.69, 9.17) is 9.47 Å². The number of rotatable bonds is 4. The first-order valence-electron chi connectivity index (χ1n) is 10.2. The summed E-state index contributed by atoms with van der Waals surface area (Å²) in [6, 6.07) is 5.57. The standard InChI is InChI=1S/C21H27F3N2O3/c1-28-18-19(27)26(20(18)8-12-29-13-9-20)17-6-10-25(11-7-17)14-15-2-4-16(5-3-15)21(22,23)24/h2-5,17-18H,6-14H2,1H3. The van der Waals surface area contributed by atoms with Crippen molar-refractivity contribution < 1.29 is 27.4 Å². The Morgan fingerprint density at radius 1 is 1.14 bits per heavy atom. The number of ether oxygens (including phenoxy) is 2. The molecule has 3 aliphatic heterocycles. The van der Waals surface area contributed by atoms with Crippen LogP contribution in [0.4, 0.5) is 13.2 Å². The summed E-state index contributed by atoms with van der Waals surface area (Å²) in [5.74, 6) is 0.0792. The van der Waals surface area contributed by atoms with Gasteiger partial charge < -0.3 is 14.4 Å². The number of hydrogen-bond acceptors (Lipinski definition) is 4. The van der Waals surface area contributed by atoms with Gasteiger partial charge in [-0.05, 0) is 43.4 Å². The van der Waals surface area contributed by atoms with Gasteiger partial charge in [0.25, 0.3) is 5.91 Å². The van der Waals surface area contributed by atoms with E-state index in [2.05, 4.69) is 9.80 Å². The second kappa shape index (κ2) is 7.89. The molecule has 4 rings (SSSR count). The molecule has 1 atom stereocenters. The fraction of sp³-hybridized carbons (Fsp3) is 0.667. The highest BCUT2D eigenvalue weighted by Gasteiger charge is 2.62. The number of methoxy groups -OCH3 is 1. The van der Waals surface area contributed by atoms with Gasteiger partial charge in [0.2, 0.25) is 0 Å². The van der Waals surface area contributed by atoms with Crippen molar-refractivity contribution in [1.82, 2.24) is 9.80 Å². The highest BCUT2D eigenvalue weighted by Crippen LogP contribution is 2.45. The largest absolute Gasteiger partial charge is 0.416 e. The predicted molar refractivity (Wildman–Crippen MR) is 100 cm³/mol. The van der Waals surface area contributed by atoms with Crippen LogP contribution >= 0.6 is 0 Å². The average Bonchev–Trinajstić information content (AvgIpc) is 2.70. The van der Waals surface area contributed by atoms with Gasteiger partial charge in [0.15, 0.2) is 6.10 Å². The van der Waals surface area contributed by atoms with E-state index in [9.17, 15) is 18.0 Å². The molecule has 0 bridgehead atoms. The number of halogens is 3. The van der Waals surface area contributed by atoms with Gasteiger partial charge in [0, 0.05) is 46.0 Å². The van der Waals surface area contributed by atoms with E-state index in [0.29, 0.717) is 19.8 Å². The summed E-state index contributed by atoms with van der Waals surface area (Å²) in [5, 5.41) is 0. The second-order valence-corrected chi connectivity index (χ2v) is 8.24. The van der Waals surface area contributed by atoms with Gasteiger partial charge in [-0.1, -0.05) is 12.1 Å². The van der Waals surface area contributed by atoms with Gasteiger partial charge in [-0.2, -0.15) is 13.2 Å². The average molecular weight is 412 g/mol. The summed E-state index contributed by atoms with van der Waals surface area (Å²) in [5.41, 5.74) is 0.0205. The van der Waals surface area contributed by atoms with Crippen LogP contribution in [0.15, 0.2) is 24.3 Å². The number of carbonyl (C=O) groups is 1. The number of likely N-dealkylation sites (tertiary alicyclic amines) is 2. The lowest BCUT2D eigenvalue weighted by Crippen LogP contribution is -2.78. The van der Waals surface area contributed by atoms with Crippen molar-refractivity contribution in [2.24, 2.45) is 0 Å². The molecule has 29 heavy (non-hydrogen) atoms. The highest BCUT2D eigenvalue weighted by molar-refractivity contribution is 5.90. The predicted octanol–water partition coefficient (Wildman–Crippen LogP) is 3.08. The molecule has 0 saturated carbocycles. The Labute approximate surface area is 168 Å². The van der Waals surface area contributed by atoms with Crippen molar-refractivity contribution >= 4 is 5.91 Å². The summed E-state index contributed by atoms with van der Waals surface area (Å²) in [4.78, 5) is 17.0. The molecule has 8 heteroatoms. The molecule has 0 N–H and O–H groups in total. The molecule has 3 fully saturated rings. The number of β-lactam (4-membered cyclic amide) rings is 1. The Balaban J connectivity index is 1.35. The Morgan fingerprint density at radius 2 is 1.76 bits per heavy atom. The third kappa shape index (κ3) is 3.78. The first-order valence-corrected chi connectivity index (χ1v) is 10.2. The smallest absolute Gasteiger partial charge is 0.381 e. The minimum atomic E-state index is -4.30. The maximum absolute atomic E-state index is 12.7. The molecule has 1 spiro atoms. The number of hydrogen-bond donors (Lipinski definition) is 0. The number of nitrogens with zero attached hydrogens (tertiary/aromatic N) is 2. The highest BCUT2D eigenvalue weighted by atomic mass is 19.4. The zero-order valence-electron chi connectivity index (χ0n) is 16.6. The van der Waals surface area contributed by atoms with Crippen LogP contribution in [-0.4, -0.2) is 66.8 Å². The van der Waals surface area contributed by atoms with Gasteiger partial charge >= 0.3 is 6.18 Å². The van der Waals surface area contributed by atoms with Gasteiger partial charge in [0.05, 0.1) is 11.1 Å². The lowest BCUT2D eigenvalue weighted by Gasteiger charge is -2.61. The first kappa shape index (κ1) is 20.6. The van der Waals surface area contributed by atoms with Crippen LogP contribution in [-0.2, 0) is 27.0 Å². The molecule has 0 aliphatic carbocycles. The lowest BCUT2D eigenvalue weighted by atomic mass is 9.72. The fourth-order valence-corrected chi connectivity index (χ4v) is 5.12. The van der Waals surface area contributed by atoms with E-state index in [0.717, 1.165) is 56.5 Å². The SMILES string of the molecule is COC1C(=O)N(C2CCN(Cc3ccc(C(F)(F)F)cc3)CC2)C12CCOCC2. The van der Waals surface area contributed by atoms with E-state index >= 15 is 0 Å². The van der Waals surface area contributed by atoms with E-state index in [-0.39, 0.29) is 23.6 Å². The third-order valence-corrected chi connectivity index (χ3v) is 6.63. The third-order valence-electron chi connectivity index (χ3n) is 6.63. The molecule has 1 aromatic carbocycles. The fourth-order valence-electron chi connectivity index (χ4n) is 5.12. The van der Waals surface area contributed by atoms with Crippen LogP contribution in [0.3, 0.4) is 0 Å². The number of amides is 1. The topological polar surface area (TPSA) is 42.0 Å². The summed E-state index contributed by atoms with van der Waals surface area (Å²) < 4.78 is 49.2. The van der Waals surface area contributed by atoms with Crippen molar-refractivity contribution in [3.8, 4) is 0 Å². The molecular formula is C21H27F3N2O3. The van der Waals surface area contributed by atoms with Crippen LogP contribution in [0.5, 0.6) is 0 Å². The zero-order chi connectivity index (χ0) is 20.6. The Kier molecular flexibility index (Phi) is 5.61. The van der Waals surface area contributed by atoms with E-state index in [1.54, 1.807) is 19.2 Å². The second-order valence-electron chi connectivity index (χ2n) is 8.24. The molecule has 1 unspecified atom stereocenters. The normalized spacial score (nSPS) is 26.0. The molecule has 3 saturated heterocycles. The lowest BCUT2D eigenvalue weighted by molar-refractivity contribution is -0.214. The summed E-state index contributed by atoms with van der Waals surface area (Å²) in [6.45, 7) is 3.56. The minimum absolute atomic E-state index is 0.0792. The van der Waals surface area contributed by atoms with Crippen LogP contribution in [0.2, 0.25) is 0 Å². The Morgan fingerprint density at radius 3 is 2.31 bits per heavy atom. The number of alkyl halides is 3. The number of benzene rings is 1. The summed E-state index contributed by atoms with van der Waals surface area (Å²) in [7, 11) is 1.60. The van der Waals surface area contributed by atoms with Crippen LogP contribution < -0.4 is 0 Å². The van der Waals surface area contributed by atoms with Crippen LogP contribution in [0.1, 0.15) is 36.8 Å². The van der Waals surface area contributed by atoms with Gasteiger partial charge in [-0.25, -0.2) is 0 Å². The van der Waals surface area contributed by atoms with Gasteiger partial charge in [0.1, 0.15) is 0 Å². The molecule has 1 amide bonds. The zero-order valence-corrected chi connectivity index (χ0v) is 16.6. The van der Waals surface area contributed by atoms with Crippen molar-refractivity contribution in [1.29, 1.82) is 0 Å². The van der Waals surface area contributed by atoms with Crippen molar-refractivity contribution in [2.75, 3.05) is 33.4 Å². The molecule has 0 aromatic heterocycles. The molecule has 1 aromatic rings. The van der Waals surface area contributed by atoms with E-state index in [1.165, 1.54) is 0 Å². The quantitative estimate of drug-likeness (QED) is 0.713. The van der Waals surface area contributed by atoms with Crippen LogP contribution in [0, 0.1) is 0 Å². The van der Waals surface area contributed by atoms with Gasteiger partial charge in [-0.15, -0.1) is 0 Å². The van der Waals surface area contributed by atoms with E-state index in [1.807, 2.05) is 0 Å². The van der Waals surface area contributed by atoms with Crippen molar-refractivity contribution in [3.05, 3.63) is 35.4 Å². The Bertz CT molecular complexity index is 724. The molecule has 5 nitrogen and oxygen atoms in total. The maximum Gasteiger partial charge on any atom is 0.416 e. The van der Waals surface area contributed by atoms with Crippen molar-refractivity contribution in [3.63, 3.8) is 0 Å². The van der Waals surface area contributed by atoms with Crippen molar-refractivity contribution in [2.45, 2.75) is 56.1 Å². The number of piperidine rings is 1. The van der Waals surface area contributed by atoms with E-state index < -0.39 is 11.7 Å². The number of carbonyl (C=O) groups excluding carboxylic acids is 1. The first-order chi connectivity index (χ1) is 13.8.